The van der Waals surface area contributed by atoms with Crippen LogP contribution in [0, 0.1) is 17.5 Å². The Labute approximate surface area is 123 Å². The number of benzene rings is 2. The van der Waals surface area contributed by atoms with Gasteiger partial charge in [-0.05, 0) is 41.0 Å². The minimum atomic E-state index is -1.52. The zero-order chi connectivity index (χ0) is 15.9. The normalized spacial score (nSPS) is 11.0. The summed E-state index contributed by atoms with van der Waals surface area (Å²) in [6.07, 6.45) is 1.41. The second kappa shape index (κ2) is 5.22. The molecule has 3 nitrogen and oxygen atoms in total. The molecule has 3 rings (SSSR count). The number of H-pyrrole nitrogens is 1. The van der Waals surface area contributed by atoms with Crippen LogP contribution in [-0.4, -0.2) is 16.1 Å². The molecule has 0 aliphatic rings. The van der Waals surface area contributed by atoms with Crippen molar-refractivity contribution in [3.8, 4) is 11.1 Å². The number of aromatic nitrogens is 1. The van der Waals surface area contributed by atoms with Crippen molar-refractivity contribution < 1.29 is 23.1 Å². The molecule has 0 fully saturated rings. The van der Waals surface area contributed by atoms with Gasteiger partial charge < -0.3 is 10.1 Å². The van der Waals surface area contributed by atoms with Crippen LogP contribution >= 0.6 is 0 Å². The molecule has 0 atom stereocenters. The number of carbonyl (C=O) groups is 1. The first-order chi connectivity index (χ1) is 10.5. The van der Waals surface area contributed by atoms with Crippen molar-refractivity contribution >= 4 is 16.9 Å². The van der Waals surface area contributed by atoms with Crippen molar-refractivity contribution in [2.24, 2.45) is 0 Å². The lowest BCUT2D eigenvalue weighted by atomic mass is 10.0. The highest BCUT2D eigenvalue weighted by atomic mass is 19.2. The highest BCUT2D eigenvalue weighted by molar-refractivity contribution is 5.90. The standard InChI is InChI=1S/C16H10F3NO2/c17-12-4-9(5-13(18)16(12)19)8-1-2-14-11(3-8)10(7-20-14)6-15(21)22/h1-5,7,20H,6H2,(H,21,22). The maximum atomic E-state index is 13.3. The second-order valence-corrected chi connectivity index (χ2v) is 4.90. The number of hydrogen-bond acceptors (Lipinski definition) is 1. The maximum Gasteiger partial charge on any atom is 0.307 e. The van der Waals surface area contributed by atoms with E-state index in [1.54, 1.807) is 24.4 Å². The van der Waals surface area contributed by atoms with E-state index in [9.17, 15) is 18.0 Å². The molecule has 0 unspecified atom stereocenters. The van der Waals surface area contributed by atoms with Gasteiger partial charge in [0.1, 0.15) is 0 Å². The molecule has 0 amide bonds. The van der Waals surface area contributed by atoms with Crippen LogP contribution in [0.5, 0.6) is 0 Å². The van der Waals surface area contributed by atoms with Gasteiger partial charge in [0.2, 0.25) is 0 Å². The number of fused-ring (bicyclic) bond motifs is 1. The third-order valence-corrected chi connectivity index (χ3v) is 3.43. The van der Waals surface area contributed by atoms with Gasteiger partial charge in [-0.1, -0.05) is 6.07 Å². The molecule has 0 aliphatic carbocycles. The van der Waals surface area contributed by atoms with Gasteiger partial charge in [-0.2, -0.15) is 0 Å². The molecular weight excluding hydrogens is 295 g/mol. The fourth-order valence-electron chi connectivity index (χ4n) is 2.39. The van der Waals surface area contributed by atoms with Gasteiger partial charge in [-0.3, -0.25) is 4.79 Å². The third kappa shape index (κ3) is 2.43. The van der Waals surface area contributed by atoms with Crippen molar-refractivity contribution in [3.05, 3.63) is 59.5 Å². The van der Waals surface area contributed by atoms with Crippen molar-refractivity contribution in [1.29, 1.82) is 0 Å². The van der Waals surface area contributed by atoms with Gasteiger partial charge in [0.05, 0.1) is 6.42 Å². The fourth-order valence-corrected chi connectivity index (χ4v) is 2.39. The van der Waals surface area contributed by atoms with Gasteiger partial charge >= 0.3 is 5.97 Å². The summed E-state index contributed by atoms with van der Waals surface area (Å²) in [5.74, 6) is -5.03. The highest BCUT2D eigenvalue weighted by Gasteiger charge is 2.13. The third-order valence-electron chi connectivity index (χ3n) is 3.43. The summed E-state index contributed by atoms with van der Waals surface area (Å²) in [5, 5.41) is 9.52. The monoisotopic (exact) mass is 305 g/mol. The first kappa shape index (κ1) is 14.2. The van der Waals surface area contributed by atoms with E-state index in [0.29, 0.717) is 22.0 Å². The zero-order valence-corrected chi connectivity index (χ0v) is 11.2. The Kier molecular flexibility index (Phi) is 3.36. The lowest BCUT2D eigenvalue weighted by molar-refractivity contribution is -0.136. The molecule has 0 aliphatic heterocycles. The van der Waals surface area contributed by atoms with E-state index in [-0.39, 0.29) is 12.0 Å². The van der Waals surface area contributed by atoms with Crippen molar-refractivity contribution in [3.63, 3.8) is 0 Å². The number of hydrogen-bond donors (Lipinski definition) is 2. The first-order valence-electron chi connectivity index (χ1n) is 6.42. The first-order valence-corrected chi connectivity index (χ1v) is 6.42. The maximum absolute atomic E-state index is 13.3. The van der Waals surface area contributed by atoms with Crippen LogP contribution in [0.4, 0.5) is 13.2 Å². The number of aromatic amines is 1. The molecule has 3 aromatic rings. The Morgan fingerprint density at radius 3 is 2.36 bits per heavy atom. The van der Waals surface area contributed by atoms with E-state index >= 15 is 0 Å². The summed E-state index contributed by atoms with van der Waals surface area (Å²) < 4.78 is 39.7. The van der Waals surface area contributed by atoms with Gasteiger partial charge in [0.25, 0.3) is 0 Å². The predicted molar refractivity (Wildman–Crippen MR) is 74.9 cm³/mol. The molecule has 1 heterocycles. The summed E-state index contributed by atoms with van der Waals surface area (Å²) in [4.78, 5) is 13.8. The van der Waals surface area contributed by atoms with Gasteiger partial charge in [0, 0.05) is 17.1 Å². The van der Waals surface area contributed by atoms with Crippen LogP contribution in [0.3, 0.4) is 0 Å². The van der Waals surface area contributed by atoms with Gasteiger partial charge in [0.15, 0.2) is 17.5 Å². The quantitative estimate of drug-likeness (QED) is 0.722. The van der Waals surface area contributed by atoms with E-state index in [2.05, 4.69) is 4.98 Å². The summed E-state index contributed by atoms with van der Waals surface area (Å²) in [6.45, 7) is 0. The number of rotatable bonds is 3. The van der Waals surface area contributed by atoms with E-state index in [1.807, 2.05) is 0 Å². The van der Waals surface area contributed by atoms with Crippen molar-refractivity contribution in [2.45, 2.75) is 6.42 Å². The number of aliphatic carboxylic acids is 1. The SMILES string of the molecule is O=C(O)Cc1c[nH]c2ccc(-c3cc(F)c(F)c(F)c3)cc12. The van der Waals surface area contributed by atoms with E-state index in [0.717, 1.165) is 12.1 Å². The summed E-state index contributed by atoms with van der Waals surface area (Å²) in [7, 11) is 0. The van der Waals surface area contributed by atoms with Crippen LogP contribution in [0.1, 0.15) is 5.56 Å². The molecule has 0 spiro atoms. The van der Waals surface area contributed by atoms with E-state index < -0.39 is 23.4 Å². The molecule has 0 bridgehead atoms. The Balaban J connectivity index is 2.13. The van der Waals surface area contributed by atoms with Gasteiger partial charge in [-0.15, -0.1) is 0 Å². The lowest BCUT2D eigenvalue weighted by Gasteiger charge is -2.05. The van der Waals surface area contributed by atoms with Crippen LogP contribution in [0.25, 0.3) is 22.0 Å². The van der Waals surface area contributed by atoms with Crippen LogP contribution < -0.4 is 0 Å². The Morgan fingerprint density at radius 1 is 1.05 bits per heavy atom. The molecule has 0 saturated heterocycles. The van der Waals surface area contributed by atoms with Crippen LogP contribution in [-0.2, 0) is 11.2 Å². The van der Waals surface area contributed by atoms with Crippen molar-refractivity contribution in [1.82, 2.24) is 4.98 Å². The predicted octanol–water partition coefficient (Wildman–Crippen LogP) is 3.88. The minimum Gasteiger partial charge on any atom is -0.481 e. The second-order valence-electron chi connectivity index (χ2n) is 4.90. The fraction of sp³-hybridized carbons (Fsp3) is 0.0625. The average Bonchev–Trinajstić information content (AvgIpc) is 2.86. The molecule has 22 heavy (non-hydrogen) atoms. The zero-order valence-electron chi connectivity index (χ0n) is 11.2. The molecule has 0 radical (unpaired) electrons. The summed E-state index contributed by atoms with van der Waals surface area (Å²) in [5.41, 5.74) is 1.92. The number of carboxylic acid groups (broad SMARTS) is 1. The Hall–Kier alpha value is -2.76. The Bertz CT molecular complexity index is 863. The largest absolute Gasteiger partial charge is 0.481 e. The molecule has 112 valence electrons. The molecule has 2 N–H and O–H groups in total. The minimum absolute atomic E-state index is 0.171. The summed E-state index contributed by atoms with van der Waals surface area (Å²) >= 11 is 0. The number of nitrogens with one attached hydrogen (secondary N) is 1. The van der Waals surface area contributed by atoms with Crippen LogP contribution in [0.2, 0.25) is 0 Å². The molecule has 0 saturated carbocycles. The molecular formula is C16H10F3NO2. The highest BCUT2D eigenvalue weighted by Crippen LogP contribution is 2.28. The van der Waals surface area contributed by atoms with Crippen molar-refractivity contribution in [2.75, 3.05) is 0 Å². The van der Waals surface area contributed by atoms with E-state index in [4.69, 9.17) is 5.11 Å². The average molecular weight is 305 g/mol. The Morgan fingerprint density at radius 2 is 1.73 bits per heavy atom. The lowest BCUT2D eigenvalue weighted by Crippen LogP contribution is -1.98. The van der Waals surface area contributed by atoms with E-state index in [1.165, 1.54) is 0 Å². The molecule has 1 aromatic heterocycles. The number of halogens is 3. The molecule has 6 heteroatoms. The van der Waals surface area contributed by atoms with Gasteiger partial charge in [-0.25, -0.2) is 13.2 Å². The van der Waals surface area contributed by atoms with Crippen LogP contribution in [0.15, 0.2) is 36.5 Å². The molecule has 2 aromatic carbocycles. The summed E-state index contributed by atoms with van der Waals surface area (Å²) in [6, 6.07) is 6.73. The smallest absolute Gasteiger partial charge is 0.307 e. The number of carboxylic acids is 1. The topological polar surface area (TPSA) is 53.1 Å².